The zero-order valence-corrected chi connectivity index (χ0v) is 11.7. The van der Waals surface area contributed by atoms with Crippen molar-refractivity contribution in [3.05, 3.63) is 69.5 Å². The molecule has 0 radical (unpaired) electrons. The maximum atomic E-state index is 13.4. The number of halogens is 3. The van der Waals surface area contributed by atoms with Crippen molar-refractivity contribution < 1.29 is 4.39 Å². The number of alkyl halides is 1. The molecule has 0 aromatic heterocycles. The van der Waals surface area contributed by atoms with Crippen LogP contribution in [0.2, 0.25) is 5.02 Å². The molecule has 2 rings (SSSR count). The van der Waals surface area contributed by atoms with Gasteiger partial charge in [0, 0.05) is 0 Å². The summed E-state index contributed by atoms with van der Waals surface area (Å²) in [7, 11) is 0. The van der Waals surface area contributed by atoms with E-state index in [2.05, 4.69) is 0 Å². The number of benzene rings is 2. The van der Waals surface area contributed by atoms with Crippen molar-refractivity contribution in [2.24, 2.45) is 0 Å². The van der Waals surface area contributed by atoms with Crippen molar-refractivity contribution in [1.82, 2.24) is 0 Å². The van der Waals surface area contributed by atoms with Gasteiger partial charge in [0.2, 0.25) is 0 Å². The molecular weight excluding hydrogens is 270 g/mol. The number of hydrogen-bond acceptors (Lipinski definition) is 0. The monoisotopic (exact) mass is 282 g/mol. The van der Waals surface area contributed by atoms with Gasteiger partial charge in [0.15, 0.2) is 0 Å². The van der Waals surface area contributed by atoms with E-state index in [0.29, 0.717) is 5.56 Å². The average Bonchev–Trinajstić information content (AvgIpc) is 2.35. The summed E-state index contributed by atoms with van der Waals surface area (Å²) in [5, 5.41) is -0.251. The molecule has 0 heterocycles. The highest BCUT2D eigenvalue weighted by Gasteiger charge is 2.13. The normalized spacial score (nSPS) is 12.5. The third-order valence-corrected chi connectivity index (χ3v) is 3.87. The summed E-state index contributed by atoms with van der Waals surface area (Å²) in [6, 6.07) is 10.7. The van der Waals surface area contributed by atoms with E-state index in [0.717, 1.165) is 5.56 Å². The van der Waals surface area contributed by atoms with Crippen LogP contribution in [0.4, 0.5) is 4.39 Å². The summed E-state index contributed by atoms with van der Waals surface area (Å²) in [6.45, 7) is 4.08. The van der Waals surface area contributed by atoms with Gasteiger partial charge < -0.3 is 0 Å². The van der Waals surface area contributed by atoms with Crippen LogP contribution in [0.3, 0.4) is 0 Å². The van der Waals surface area contributed by atoms with E-state index in [1.54, 1.807) is 6.07 Å². The first kappa shape index (κ1) is 13.4. The van der Waals surface area contributed by atoms with E-state index >= 15 is 0 Å². The topological polar surface area (TPSA) is 0 Å². The Labute approximate surface area is 116 Å². The number of hydrogen-bond donors (Lipinski definition) is 0. The van der Waals surface area contributed by atoms with Gasteiger partial charge in [0.25, 0.3) is 0 Å². The Morgan fingerprint density at radius 2 is 1.56 bits per heavy atom. The summed E-state index contributed by atoms with van der Waals surface area (Å²) in [5.41, 5.74) is 4.06. The van der Waals surface area contributed by atoms with Crippen LogP contribution in [0.5, 0.6) is 0 Å². The molecule has 1 atom stereocenters. The second-order valence-corrected chi connectivity index (χ2v) is 5.22. The van der Waals surface area contributed by atoms with Crippen molar-refractivity contribution in [2.75, 3.05) is 0 Å². The van der Waals surface area contributed by atoms with Crippen LogP contribution in [-0.4, -0.2) is 0 Å². The van der Waals surface area contributed by atoms with Crippen molar-refractivity contribution in [2.45, 2.75) is 19.2 Å². The van der Waals surface area contributed by atoms with Crippen LogP contribution in [-0.2, 0) is 0 Å². The highest BCUT2D eigenvalue weighted by atomic mass is 35.5. The molecule has 0 N–H and O–H groups in total. The molecule has 0 amide bonds. The van der Waals surface area contributed by atoms with E-state index < -0.39 is 5.82 Å². The van der Waals surface area contributed by atoms with E-state index in [1.807, 2.05) is 32.0 Å². The fourth-order valence-electron chi connectivity index (χ4n) is 1.78. The first-order chi connectivity index (χ1) is 8.49. The van der Waals surface area contributed by atoms with E-state index in [1.165, 1.54) is 23.3 Å². The third-order valence-electron chi connectivity index (χ3n) is 3.06. The van der Waals surface area contributed by atoms with Gasteiger partial charge in [-0.2, -0.15) is 0 Å². The van der Waals surface area contributed by atoms with Gasteiger partial charge in [-0.15, -0.1) is 11.6 Å². The molecule has 0 spiro atoms. The van der Waals surface area contributed by atoms with E-state index in [-0.39, 0.29) is 10.4 Å². The van der Waals surface area contributed by atoms with Crippen LogP contribution >= 0.6 is 23.2 Å². The van der Waals surface area contributed by atoms with Crippen LogP contribution in [0.15, 0.2) is 36.4 Å². The minimum absolute atomic E-state index is 0.114. The number of rotatable bonds is 2. The van der Waals surface area contributed by atoms with Crippen molar-refractivity contribution >= 4 is 23.2 Å². The maximum Gasteiger partial charge on any atom is 0.142 e. The van der Waals surface area contributed by atoms with Gasteiger partial charge in [0.1, 0.15) is 5.82 Å². The predicted octanol–water partition coefficient (Wildman–Crippen LogP) is 5.42. The molecular formula is C15H13Cl2F. The summed E-state index contributed by atoms with van der Waals surface area (Å²) in [5.74, 6) is -0.441. The van der Waals surface area contributed by atoms with Gasteiger partial charge in [-0.1, -0.05) is 35.9 Å². The molecule has 0 nitrogen and oxygen atoms in total. The minimum atomic E-state index is -0.441. The average molecular weight is 283 g/mol. The minimum Gasteiger partial charge on any atom is -0.205 e. The van der Waals surface area contributed by atoms with Crippen LogP contribution < -0.4 is 0 Å². The highest BCUT2D eigenvalue weighted by Crippen LogP contribution is 2.31. The molecule has 18 heavy (non-hydrogen) atoms. The molecule has 0 saturated heterocycles. The quantitative estimate of drug-likeness (QED) is 0.645. The van der Waals surface area contributed by atoms with Crippen molar-refractivity contribution in [3.63, 3.8) is 0 Å². The maximum absolute atomic E-state index is 13.4. The van der Waals surface area contributed by atoms with Gasteiger partial charge in [-0.3, -0.25) is 0 Å². The Morgan fingerprint density at radius 1 is 0.944 bits per heavy atom. The van der Waals surface area contributed by atoms with Gasteiger partial charge in [-0.25, -0.2) is 4.39 Å². The fraction of sp³-hybridized carbons (Fsp3) is 0.200. The summed E-state index contributed by atoms with van der Waals surface area (Å²) < 4.78 is 13.4. The lowest BCUT2D eigenvalue weighted by atomic mass is 10.00. The molecule has 3 heteroatoms. The molecule has 0 aliphatic heterocycles. The first-order valence-electron chi connectivity index (χ1n) is 5.65. The second-order valence-electron chi connectivity index (χ2n) is 4.38. The van der Waals surface area contributed by atoms with Crippen LogP contribution in [0.1, 0.15) is 27.6 Å². The standard InChI is InChI=1S/C15H13Cl2F/c1-9-3-4-11(7-10(9)2)15(17)12-5-6-13(16)14(18)8-12/h3-8,15H,1-2H3. The molecule has 0 fully saturated rings. The Kier molecular flexibility index (Phi) is 3.94. The van der Waals surface area contributed by atoms with E-state index in [9.17, 15) is 4.39 Å². The molecule has 2 aromatic carbocycles. The number of aryl methyl sites for hydroxylation is 2. The van der Waals surface area contributed by atoms with Gasteiger partial charge in [-0.05, 0) is 48.2 Å². The lowest BCUT2D eigenvalue weighted by Crippen LogP contribution is -1.96. The largest absolute Gasteiger partial charge is 0.205 e. The molecule has 0 aliphatic carbocycles. The van der Waals surface area contributed by atoms with Crippen molar-refractivity contribution in [3.8, 4) is 0 Å². The summed E-state index contributed by atoms with van der Waals surface area (Å²) >= 11 is 12.0. The first-order valence-corrected chi connectivity index (χ1v) is 6.46. The molecule has 2 aromatic rings. The van der Waals surface area contributed by atoms with Crippen molar-refractivity contribution in [1.29, 1.82) is 0 Å². The predicted molar refractivity (Wildman–Crippen MR) is 75.0 cm³/mol. The van der Waals surface area contributed by atoms with E-state index in [4.69, 9.17) is 23.2 Å². The Balaban J connectivity index is 2.37. The lowest BCUT2D eigenvalue weighted by molar-refractivity contribution is 0.626. The Bertz CT molecular complexity index is 527. The molecule has 1 unspecified atom stereocenters. The fourth-order valence-corrected chi connectivity index (χ4v) is 2.17. The Hall–Kier alpha value is -1.05. The zero-order valence-electron chi connectivity index (χ0n) is 10.2. The van der Waals surface area contributed by atoms with Gasteiger partial charge >= 0.3 is 0 Å². The summed E-state index contributed by atoms with van der Waals surface area (Å²) in [4.78, 5) is 0. The highest BCUT2D eigenvalue weighted by molar-refractivity contribution is 6.30. The molecule has 0 aliphatic rings. The smallest absolute Gasteiger partial charge is 0.142 e. The third kappa shape index (κ3) is 2.68. The summed E-state index contributed by atoms with van der Waals surface area (Å²) in [6.07, 6.45) is 0. The van der Waals surface area contributed by atoms with Crippen LogP contribution in [0.25, 0.3) is 0 Å². The SMILES string of the molecule is Cc1ccc(C(Cl)c2ccc(Cl)c(F)c2)cc1C. The molecule has 94 valence electrons. The second kappa shape index (κ2) is 5.29. The Morgan fingerprint density at radius 3 is 2.17 bits per heavy atom. The van der Waals surface area contributed by atoms with Crippen LogP contribution in [0, 0.1) is 19.7 Å². The lowest BCUT2D eigenvalue weighted by Gasteiger charge is -2.12. The molecule has 0 bridgehead atoms. The zero-order chi connectivity index (χ0) is 13.3. The molecule has 0 saturated carbocycles. The van der Waals surface area contributed by atoms with Gasteiger partial charge in [0.05, 0.1) is 10.4 Å².